The standard InChI is InChI=1S/C16H17NO4S/c1-12-2-8-15(9-3-12)22(18,19)17-14-6-4-13(5-7-14)16-20-10-11-21-16/h2-9,16-17H,10-11H2,1H3. The molecule has 0 unspecified atom stereocenters. The molecule has 1 aliphatic rings. The van der Waals surface area contributed by atoms with Crippen LogP contribution in [-0.4, -0.2) is 21.6 Å². The molecular formula is C16H17NO4S. The van der Waals surface area contributed by atoms with Crippen molar-refractivity contribution in [3.05, 3.63) is 59.7 Å². The number of nitrogens with one attached hydrogen (secondary N) is 1. The highest BCUT2D eigenvalue weighted by Crippen LogP contribution is 2.25. The van der Waals surface area contributed by atoms with Crippen molar-refractivity contribution in [3.63, 3.8) is 0 Å². The minimum atomic E-state index is -3.57. The average Bonchev–Trinajstić information content (AvgIpc) is 3.02. The Morgan fingerprint density at radius 2 is 1.55 bits per heavy atom. The molecule has 1 saturated heterocycles. The molecule has 3 rings (SSSR count). The number of hydrogen-bond donors (Lipinski definition) is 1. The molecule has 0 saturated carbocycles. The van der Waals surface area contributed by atoms with Crippen LogP contribution in [0.2, 0.25) is 0 Å². The van der Waals surface area contributed by atoms with Crippen molar-refractivity contribution in [1.29, 1.82) is 0 Å². The summed E-state index contributed by atoms with van der Waals surface area (Å²) in [6.07, 6.45) is -0.359. The fourth-order valence-electron chi connectivity index (χ4n) is 2.19. The van der Waals surface area contributed by atoms with Crippen molar-refractivity contribution in [2.24, 2.45) is 0 Å². The lowest BCUT2D eigenvalue weighted by atomic mass is 10.2. The molecule has 0 aliphatic carbocycles. The first-order valence-electron chi connectivity index (χ1n) is 6.97. The lowest BCUT2D eigenvalue weighted by Crippen LogP contribution is -2.13. The van der Waals surface area contributed by atoms with Crippen molar-refractivity contribution in [3.8, 4) is 0 Å². The molecule has 6 heteroatoms. The molecular weight excluding hydrogens is 302 g/mol. The van der Waals surface area contributed by atoms with Crippen molar-refractivity contribution >= 4 is 15.7 Å². The number of rotatable bonds is 4. The van der Waals surface area contributed by atoms with Gasteiger partial charge in [-0.25, -0.2) is 8.42 Å². The molecule has 1 N–H and O–H groups in total. The van der Waals surface area contributed by atoms with Crippen molar-refractivity contribution in [2.75, 3.05) is 17.9 Å². The Labute approximate surface area is 129 Å². The number of aryl methyl sites for hydroxylation is 1. The summed E-state index contributed by atoms with van der Waals surface area (Å²) in [6.45, 7) is 3.06. The van der Waals surface area contributed by atoms with Gasteiger partial charge in [-0.1, -0.05) is 29.8 Å². The summed E-state index contributed by atoms with van der Waals surface area (Å²) in [5.74, 6) is 0. The third-order valence-electron chi connectivity index (χ3n) is 3.39. The van der Waals surface area contributed by atoms with E-state index in [0.29, 0.717) is 18.9 Å². The molecule has 2 aromatic rings. The number of benzene rings is 2. The number of anilines is 1. The van der Waals surface area contributed by atoms with Crippen LogP contribution in [0, 0.1) is 6.92 Å². The van der Waals surface area contributed by atoms with Gasteiger partial charge in [-0.3, -0.25) is 4.72 Å². The monoisotopic (exact) mass is 319 g/mol. The van der Waals surface area contributed by atoms with Crippen LogP contribution < -0.4 is 4.72 Å². The Morgan fingerprint density at radius 3 is 2.14 bits per heavy atom. The average molecular weight is 319 g/mol. The van der Waals surface area contributed by atoms with Gasteiger partial charge in [-0.15, -0.1) is 0 Å². The van der Waals surface area contributed by atoms with E-state index >= 15 is 0 Å². The zero-order valence-corrected chi connectivity index (χ0v) is 13.0. The van der Waals surface area contributed by atoms with Crippen LogP contribution in [0.4, 0.5) is 5.69 Å². The van der Waals surface area contributed by atoms with Gasteiger partial charge in [0.1, 0.15) is 0 Å². The Morgan fingerprint density at radius 1 is 0.955 bits per heavy atom. The van der Waals surface area contributed by atoms with Gasteiger partial charge < -0.3 is 9.47 Å². The van der Waals surface area contributed by atoms with Crippen LogP contribution in [0.5, 0.6) is 0 Å². The number of ether oxygens (including phenoxy) is 2. The van der Waals surface area contributed by atoms with E-state index < -0.39 is 10.0 Å². The summed E-state index contributed by atoms with van der Waals surface area (Å²) < 4.78 is 37.9. The maximum Gasteiger partial charge on any atom is 0.261 e. The quantitative estimate of drug-likeness (QED) is 0.941. The van der Waals surface area contributed by atoms with Gasteiger partial charge in [0.05, 0.1) is 18.1 Å². The molecule has 1 fully saturated rings. The van der Waals surface area contributed by atoms with Crippen molar-refractivity contribution < 1.29 is 17.9 Å². The molecule has 5 nitrogen and oxygen atoms in total. The first kappa shape index (κ1) is 15.0. The zero-order valence-electron chi connectivity index (χ0n) is 12.2. The number of sulfonamides is 1. The van der Waals surface area contributed by atoms with Gasteiger partial charge in [-0.2, -0.15) is 0 Å². The molecule has 0 atom stereocenters. The van der Waals surface area contributed by atoms with Crippen LogP contribution >= 0.6 is 0 Å². The van der Waals surface area contributed by atoms with Crippen LogP contribution in [0.3, 0.4) is 0 Å². The molecule has 0 radical (unpaired) electrons. The largest absolute Gasteiger partial charge is 0.346 e. The predicted octanol–water partition coefficient (Wildman–Crippen LogP) is 2.84. The summed E-state index contributed by atoms with van der Waals surface area (Å²) in [5, 5.41) is 0. The molecule has 0 bridgehead atoms. The van der Waals surface area contributed by atoms with Crippen LogP contribution in [0.1, 0.15) is 17.4 Å². The maximum atomic E-state index is 12.3. The van der Waals surface area contributed by atoms with Crippen LogP contribution in [0.15, 0.2) is 53.4 Å². The summed E-state index contributed by atoms with van der Waals surface area (Å²) >= 11 is 0. The molecule has 1 aliphatic heterocycles. The highest BCUT2D eigenvalue weighted by molar-refractivity contribution is 7.92. The summed E-state index contributed by atoms with van der Waals surface area (Å²) in [6, 6.07) is 13.7. The van der Waals surface area contributed by atoms with E-state index in [1.54, 1.807) is 48.5 Å². The minimum Gasteiger partial charge on any atom is -0.346 e. The van der Waals surface area contributed by atoms with E-state index in [0.717, 1.165) is 11.1 Å². The van der Waals surface area contributed by atoms with E-state index in [1.165, 1.54) is 0 Å². The van der Waals surface area contributed by atoms with E-state index in [4.69, 9.17) is 9.47 Å². The van der Waals surface area contributed by atoms with Gasteiger partial charge in [0, 0.05) is 11.3 Å². The molecule has 0 aromatic heterocycles. The normalized spacial score (nSPS) is 15.9. The van der Waals surface area contributed by atoms with E-state index in [-0.39, 0.29) is 11.2 Å². The number of hydrogen-bond acceptors (Lipinski definition) is 4. The Hall–Kier alpha value is -1.89. The van der Waals surface area contributed by atoms with E-state index in [1.807, 2.05) is 6.92 Å². The fraction of sp³-hybridized carbons (Fsp3) is 0.250. The van der Waals surface area contributed by atoms with Gasteiger partial charge >= 0.3 is 0 Å². The van der Waals surface area contributed by atoms with Crippen LogP contribution in [0.25, 0.3) is 0 Å². The fourth-order valence-corrected chi connectivity index (χ4v) is 3.25. The summed E-state index contributed by atoms with van der Waals surface area (Å²) in [5.41, 5.74) is 2.39. The smallest absolute Gasteiger partial charge is 0.261 e. The third kappa shape index (κ3) is 3.30. The first-order valence-corrected chi connectivity index (χ1v) is 8.45. The van der Waals surface area contributed by atoms with Crippen molar-refractivity contribution in [1.82, 2.24) is 0 Å². The van der Waals surface area contributed by atoms with Gasteiger partial charge in [0.25, 0.3) is 10.0 Å². The Kier molecular flexibility index (Phi) is 4.15. The second kappa shape index (κ2) is 6.08. The lowest BCUT2D eigenvalue weighted by Gasteiger charge is -2.11. The van der Waals surface area contributed by atoms with Gasteiger partial charge in [0.2, 0.25) is 0 Å². The van der Waals surface area contributed by atoms with Crippen molar-refractivity contribution in [2.45, 2.75) is 18.1 Å². The second-order valence-corrected chi connectivity index (χ2v) is 6.80. The predicted molar refractivity (Wildman–Crippen MR) is 83.1 cm³/mol. The SMILES string of the molecule is Cc1ccc(S(=O)(=O)Nc2ccc(C3OCCO3)cc2)cc1. The van der Waals surface area contributed by atoms with E-state index in [2.05, 4.69) is 4.72 Å². The summed E-state index contributed by atoms with van der Waals surface area (Å²) in [4.78, 5) is 0.240. The van der Waals surface area contributed by atoms with Crippen LogP contribution in [-0.2, 0) is 19.5 Å². The second-order valence-electron chi connectivity index (χ2n) is 5.11. The molecule has 116 valence electrons. The molecule has 22 heavy (non-hydrogen) atoms. The minimum absolute atomic E-state index is 0.240. The van der Waals surface area contributed by atoms with E-state index in [9.17, 15) is 8.42 Å². The molecule has 0 amide bonds. The highest BCUT2D eigenvalue weighted by Gasteiger charge is 2.18. The van der Waals surface area contributed by atoms with Gasteiger partial charge in [-0.05, 0) is 31.2 Å². The highest BCUT2D eigenvalue weighted by atomic mass is 32.2. The zero-order chi connectivity index (χ0) is 15.6. The third-order valence-corrected chi connectivity index (χ3v) is 4.79. The maximum absolute atomic E-state index is 12.3. The topological polar surface area (TPSA) is 64.6 Å². The molecule has 1 heterocycles. The Balaban J connectivity index is 1.75. The molecule has 2 aromatic carbocycles. The first-order chi connectivity index (χ1) is 10.5. The van der Waals surface area contributed by atoms with Gasteiger partial charge in [0.15, 0.2) is 6.29 Å². The lowest BCUT2D eigenvalue weighted by molar-refractivity contribution is -0.0441. The summed E-state index contributed by atoms with van der Waals surface area (Å²) in [7, 11) is -3.57. The molecule has 0 spiro atoms. The Bertz CT molecular complexity index is 733.